The van der Waals surface area contributed by atoms with Crippen LogP contribution in [0.15, 0.2) is 24.5 Å². The zero-order valence-electron chi connectivity index (χ0n) is 14.7. The van der Waals surface area contributed by atoms with Crippen LogP contribution in [0.3, 0.4) is 0 Å². The smallest absolute Gasteiger partial charge is 0.222 e. The van der Waals surface area contributed by atoms with Crippen molar-refractivity contribution in [2.75, 3.05) is 26.3 Å². The summed E-state index contributed by atoms with van der Waals surface area (Å²) in [6.07, 6.45) is 8.38. The zero-order chi connectivity index (χ0) is 17.5. The van der Waals surface area contributed by atoms with Crippen molar-refractivity contribution in [3.63, 3.8) is 0 Å². The van der Waals surface area contributed by atoms with Crippen molar-refractivity contribution in [2.45, 2.75) is 44.6 Å². The maximum atomic E-state index is 12.2. The largest absolute Gasteiger partial charge is 0.379 e. The number of piperidine rings is 1. The molecular formula is C19H27N3O3. The minimum atomic E-state index is 0.0553. The van der Waals surface area contributed by atoms with Crippen molar-refractivity contribution < 1.29 is 14.3 Å². The van der Waals surface area contributed by atoms with E-state index in [0.717, 1.165) is 32.2 Å². The van der Waals surface area contributed by atoms with E-state index in [9.17, 15) is 9.59 Å². The number of carbonyl (C=O) groups is 2. The summed E-state index contributed by atoms with van der Waals surface area (Å²) < 4.78 is 5.57. The van der Waals surface area contributed by atoms with Gasteiger partial charge in [0.25, 0.3) is 0 Å². The Bertz CT molecular complexity index is 579. The van der Waals surface area contributed by atoms with Gasteiger partial charge in [-0.05, 0) is 43.4 Å². The fourth-order valence-electron chi connectivity index (χ4n) is 3.59. The van der Waals surface area contributed by atoms with E-state index in [0.29, 0.717) is 38.5 Å². The molecule has 2 aliphatic rings. The lowest BCUT2D eigenvalue weighted by atomic mass is 9.95. The Morgan fingerprint density at radius 2 is 2.12 bits per heavy atom. The van der Waals surface area contributed by atoms with Crippen LogP contribution < -0.4 is 5.32 Å². The second kappa shape index (κ2) is 8.94. The van der Waals surface area contributed by atoms with Gasteiger partial charge in [0.2, 0.25) is 11.8 Å². The summed E-state index contributed by atoms with van der Waals surface area (Å²) in [6.45, 7) is 2.78. The Balaban J connectivity index is 1.40. The van der Waals surface area contributed by atoms with Crippen molar-refractivity contribution in [1.29, 1.82) is 0 Å². The number of pyridine rings is 1. The molecule has 2 aliphatic heterocycles. The maximum absolute atomic E-state index is 12.2. The van der Waals surface area contributed by atoms with E-state index in [-0.39, 0.29) is 17.9 Å². The molecule has 1 aromatic rings. The first-order valence-corrected chi connectivity index (χ1v) is 9.26. The molecule has 3 rings (SSSR count). The summed E-state index contributed by atoms with van der Waals surface area (Å²) in [5, 5.41) is 3.12. The highest BCUT2D eigenvalue weighted by Crippen LogP contribution is 2.19. The molecule has 2 atom stereocenters. The van der Waals surface area contributed by atoms with Crippen molar-refractivity contribution in [3.05, 3.63) is 30.1 Å². The number of nitrogens with one attached hydrogen (secondary N) is 1. The van der Waals surface area contributed by atoms with E-state index >= 15 is 0 Å². The van der Waals surface area contributed by atoms with E-state index in [2.05, 4.69) is 10.3 Å². The van der Waals surface area contributed by atoms with Gasteiger partial charge >= 0.3 is 0 Å². The highest BCUT2D eigenvalue weighted by Gasteiger charge is 2.29. The maximum Gasteiger partial charge on any atom is 0.222 e. The quantitative estimate of drug-likeness (QED) is 0.814. The number of hydrogen-bond acceptors (Lipinski definition) is 4. The van der Waals surface area contributed by atoms with Gasteiger partial charge in [0, 0.05) is 44.2 Å². The topological polar surface area (TPSA) is 71.5 Å². The average Bonchev–Trinajstić information content (AvgIpc) is 3.04. The molecule has 0 unspecified atom stereocenters. The number of rotatable bonds is 7. The minimum Gasteiger partial charge on any atom is -0.379 e. The second-order valence-electron chi connectivity index (χ2n) is 6.97. The van der Waals surface area contributed by atoms with Gasteiger partial charge < -0.3 is 15.0 Å². The number of likely N-dealkylation sites (tertiary alicyclic amines) is 1. The molecule has 0 radical (unpaired) electrons. The lowest BCUT2D eigenvalue weighted by Crippen LogP contribution is -2.41. The number of carbonyl (C=O) groups excluding carboxylic acids is 2. The SMILES string of the molecule is O=C(CCCN1CCCCC1=O)N[C@@H]1COC[C@H]1Cc1ccncc1. The number of amides is 2. The van der Waals surface area contributed by atoms with Gasteiger partial charge in [-0.25, -0.2) is 0 Å². The first-order chi connectivity index (χ1) is 12.2. The molecule has 6 heteroatoms. The molecule has 3 heterocycles. The van der Waals surface area contributed by atoms with Crippen molar-refractivity contribution in [3.8, 4) is 0 Å². The van der Waals surface area contributed by atoms with Gasteiger partial charge in [-0.3, -0.25) is 14.6 Å². The normalized spacial score (nSPS) is 23.7. The highest BCUT2D eigenvalue weighted by atomic mass is 16.5. The average molecular weight is 345 g/mol. The zero-order valence-corrected chi connectivity index (χ0v) is 14.7. The van der Waals surface area contributed by atoms with Gasteiger partial charge in [-0.2, -0.15) is 0 Å². The van der Waals surface area contributed by atoms with E-state index in [1.165, 1.54) is 5.56 Å². The van der Waals surface area contributed by atoms with Gasteiger partial charge in [0.15, 0.2) is 0 Å². The Hall–Kier alpha value is -1.95. The molecule has 0 bridgehead atoms. The molecule has 0 aliphatic carbocycles. The minimum absolute atomic E-state index is 0.0553. The third-order valence-electron chi connectivity index (χ3n) is 5.05. The van der Waals surface area contributed by atoms with Crippen molar-refractivity contribution in [1.82, 2.24) is 15.2 Å². The number of nitrogens with zero attached hydrogens (tertiary/aromatic N) is 2. The summed E-state index contributed by atoms with van der Waals surface area (Å²) in [5.74, 6) is 0.586. The van der Waals surface area contributed by atoms with E-state index in [4.69, 9.17) is 4.74 Å². The number of hydrogen-bond donors (Lipinski definition) is 1. The first kappa shape index (κ1) is 17.9. The summed E-state index contributed by atoms with van der Waals surface area (Å²) in [7, 11) is 0. The summed E-state index contributed by atoms with van der Waals surface area (Å²) in [6, 6.07) is 4.08. The van der Waals surface area contributed by atoms with Gasteiger partial charge in [-0.1, -0.05) is 0 Å². The number of aromatic nitrogens is 1. The fraction of sp³-hybridized carbons (Fsp3) is 0.632. The fourth-order valence-corrected chi connectivity index (χ4v) is 3.59. The Labute approximate surface area is 148 Å². The molecule has 2 saturated heterocycles. The molecule has 1 N–H and O–H groups in total. The van der Waals surface area contributed by atoms with Gasteiger partial charge in [-0.15, -0.1) is 0 Å². The van der Waals surface area contributed by atoms with E-state index < -0.39 is 0 Å². The van der Waals surface area contributed by atoms with Crippen LogP contribution in [0.5, 0.6) is 0 Å². The van der Waals surface area contributed by atoms with Crippen LogP contribution >= 0.6 is 0 Å². The molecule has 6 nitrogen and oxygen atoms in total. The van der Waals surface area contributed by atoms with Crippen LogP contribution in [0.1, 0.15) is 37.7 Å². The van der Waals surface area contributed by atoms with Crippen LogP contribution in [-0.4, -0.2) is 54.0 Å². The van der Waals surface area contributed by atoms with Crippen LogP contribution in [0.4, 0.5) is 0 Å². The van der Waals surface area contributed by atoms with Crippen LogP contribution in [-0.2, 0) is 20.7 Å². The third kappa shape index (κ3) is 5.26. The van der Waals surface area contributed by atoms with E-state index in [1.54, 1.807) is 12.4 Å². The predicted octanol–water partition coefficient (Wildman–Crippen LogP) is 1.55. The van der Waals surface area contributed by atoms with Crippen LogP contribution in [0, 0.1) is 5.92 Å². The Morgan fingerprint density at radius 1 is 1.28 bits per heavy atom. The van der Waals surface area contributed by atoms with Crippen LogP contribution in [0.25, 0.3) is 0 Å². The number of ether oxygens (including phenoxy) is 1. The predicted molar refractivity (Wildman–Crippen MR) is 93.8 cm³/mol. The van der Waals surface area contributed by atoms with Crippen molar-refractivity contribution >= 4 is 11.8 Å². The molecule has 2 amide bonds. The monoisotopic (exact) mass is 345 g/mol. The molecular weight excluding hydrogens is 318 g/mol. The van der Waals surface area contributed by atoms with Gasteiger partial charge in [0.05, 0.1) is 19.3 Å². The summed E-state index contributed by atoms with van der Waals surface area (Å²) in [4.78, 5) is 29.9. The van der Waals surface area contributed by atoms with E-state index in [1.807, 2.05) is 17.0 Å². The Kier molecular flexibility index (Phi) is 6.39. The third-order valence-corrected chi connectivity index (χ3v) is 5.05. The van der Waals surface area contributed by atoms with Crippen LogP contribution in [0.2, 0.25) is 0 Å². The lowest BCUT2D eigenvalue weighted by Gasteiger charge is -2.26. The van der Waals surface area contributed by atoms with Gasteiger partial charge in [0.1, 0.15) is 0 Å². The standard InChI is InChI=1S/C19H27N3O3/c23-18(4-3-11-22-10-2-1-5-19(22)24)21-17-14-25-13-16(17)12-15-6-8-20-9-7-15/h6-9,16-17H,1-5,10-14H2,(H,21,23)/t16-,17-/m1/s1. The lowest BCUT2D eigenvalue weighted by molar-refractivity contribution is -0.133. The second-order valence-corrected chi connectivity index (χ2v) is 6.97. The molecule has 2 fully saturated rings. The van der Waals surface area contributed by atoms with Crippen molar-refractivity contribution in [2.24, 2.45) is 5.92 Å². The summed E-state index contributed by atoms with van der Waals surface area (Å²) >= 11 is 0. The molecule has 0 saturated carbocycles. The summed E-state index contributed by atoms with van der Waals surface area (Å²) in [5.41, 5.74) is 1.22. The highest BCUT2D eigenvalue weighted by molar-refractivity contribution is 5.77. The first-order valence-electron chi connectivity index (χ1n) is 9.26. The molecule has 0 spiro atoms. The molecule has 1 aromatic heterocycles. The molecule has 0 aromatic carbocycles. The molecule has 136 valence electrons. The molecule has 25 heavy (non-hydrogen) atoms. The Morgan fingerprint density at radius 3 is 2.92 bits per heavy atom.